The van der Waals surface area contributed by atoms with E-state index in [1.807, 2.05) is 0 Å². The summed E-state index contributed by atoms with van der Waals surface area (Å²) in [5.74, 6) is -3.22. The lowest BCUT2D eigenvalue weighted by atomic mass is 10.1. The van der Waals surface area contributed by atoms with Crippen LogP contribution in [0.1, 0.15) is 22.3 Å². The van der Waals surface area contributed by atoms with E-state index in [1.165, 1.54) is 11.3 Å². The molecule has 0 aliphatic rings. The summed E-state index contributed by atoms with van der Waals surface area (Å²) >= 11 is 1.32. The molecule has 0 fully saturated rings. The minimum absolute atomic E-state index is 0.367. The minimum Gasteiger partial charge on any atom is -0.481 e. The first-order valence-corrected chi connectivity index (χ1v) is 5.64. The maximum absolute atomic E-state index is 11.7. The molecule has 1 aromatic heterocycles. The van der Waals surface area contributed by atoms with E-state index in [0.717, 1.165) is 5.56 Å². The molecule has 17 heavy (non-hydrogen) atoms. The normalized spacial score (nSPS) is 11.8. The van der Waals surface area contributed by atoms with Crippen molar-refractivity contribution in [3.8, 4) is 0 Å². The van der Waals surface area contributed by atoms with Crippen molar-refractivity contribution in [3.63, 3.8) is 0 Å². The fourth-order valence-corrected chi connectivity index (χ4v) is 2.03. The standard InChI is InChI=1S/C10H11NO5S/c1-5-3-17-4-6(5)9(14)11-7(10(15)16)2-8(12)13/h3-4,7H,2H2,1H3,(H,11,14)(H,12,13)(H,15,16)/t7-/m0/s1. The van der Waals surface area contributed by atoms with Crippen molar-refractivity contribution in [1.82, 2.24) is 5.32 Å². The molecule has 0 spiro atoms. The number of carboxylic acids is 2. The fourth-order valence-electron chi connectivity index (χ4n) is 1.20. The first kappa shape index (κ1) is 13.2. The van der Waals surface area contributed by atoms with Gasteiger partial charge in [-0.3, -0.25) is 9.59 Å². The first-order chi connectivity index (χ1) is 7.91. The van der Waals surface area contributed by atoms with Crippen LogP contribution in [0.15, 0.2) is 10.8 Å². The molecule has 0 aliphatic heterocycles. The number of aliphatic carboxylic acids is 2. The molecule has 1 heterocycles. The van der Waals surface area contributed by atoms with E-state index in [9.17, 15) is 14.4 Å². The van der Waals surface area contributed by atoms with Gasteiger partial charge in [0.05, 0.1) is 12.0 Å². The highest BCUT2D eigenvalue weighted by Crippen LogP contribution is 2.13. The van der Waals surface area contributed by atoms with Crippen molar-refractivity contribution in [2.75, 3.05) is 0 Å². The van der Waals surface area contributed by atoms with Gasteiger partial charge in [-0.1, -0.05) is 0 Å². The second-order valence-electron chi connectivity index (χ2n) is 3.43. The van der Waals surface area contributed by atoms with Gasteiger partial charge in [0.2, 0.25) is 0 Å². The average molecular weight is 257 g/mol. The van der Waals surface area contributed by atoms with Gasteiger partial charge in [-0.05, 0) is 17.9 Å². The van der Waals surface area contributed by atoms with E-state index in [4.69, 9.17) is 10.2 Å². The predicted octanol–water partition coefficient (Wildman–Crippen LogP) is 0.714. The Labute approximate surface area is 101 Å². The molecule has 0 saturated carbocycles. The van der Waals surface area contributed by atoms with E-state index in [1.54, 1.807) is 17.7 Å². The minimum atomic E-state index is -1.42. The molecule has 0 aromatic carbocycles. The molecule has 0 unspecified atom stereocenters. The van der Waals surface area contributed by atoms with E-state index in [0.29, 0.717) is 5.56 Å². The lowest BCUT2D eigenvalue weighted by Crippen LogP contribution is -2.42. The van der Waals surface area contributed by atoms with Crippen LogP contribution in [-0.4, -0.2) is 34.1 Å². The second kappa shape index (κ2) is 5.44. The average Bonchev–Trinajstić information content (AvgIpc) is 2.62. The predicted molar refractivity (Wildman–Crippen MR) is 60.2 cm³/mol. The number of hydrogen-bond donors (Lipinski definition) is 3. The van der Waals surface area contributed by atoms with E-state index >= 15 is 0 Å². The highest BCUT2D eigenvalue weighted by molar-refractivity contribution is 7.08. The van der Waals surface area contributed by atoms with Crippen LogP contribution in [0.5, 0.6) is 0 Å². The van der Waals surface area contributed by atoms with Gasteiger partial charge in [-0.15, -0.1) is 0 Å². The third-order valence-corrected chi connectivity index (χ3v) is 2.94. The first-order valence-electron chi connectivity index (χ1n) is 4.70. The summed E-state index contributed by atoms with van der Waals surface area (Å²) in [5.41, 5.74) is 1.10. The molecule has 1 rings (SSSR count). The Hall–Kier alpha value is -1.89. The summed E-state index contributed by atoms with van der Waals surface area (Å²) in [6.07, 6.45) is -0.649. The van der Waals surface area contributed by atoms with Crippen molar-refractivity contribution in [1.29, 1.82) is 0 Å². The molecule has 92 valence electrons. The zero-order valence-corrected chi connectivity index (χ0v) is 9.78. The van der Waals surface area contributed by atoms with Gasteiger partial charge in [0.1, 0.15) is 6.04 Å². The molecule has 1 amide bonds. The topological polar surface area (TPSA) is 104 Å². The Morgan fingerprint density at radius 1 is 1.35 bits per heavy atom. The Morgan fingerprint density at radius 2 is 2.00 bits per heavy atom. The summed E-state index contributed by atoms with van der Waals surface area (Å²) in [6.45, 7) is 1.72. The Bertz CT molecular complexity index is 453. The van der Waals surface area contributed by atoms with Crippen LogP contribution in [0.4, 0.5) is 0 Å². The monoisotopic (exact) mass is 257 g/mol. The smallest absolute Gasteiger partial charge is 0.326 e. The summed E-state index contributed by atoms with van der Waals surface area (Å²) in [6, 6.07) is -1.42. The van der Waals surface area contributed by atoms with E-state index in [-0.39, 0.29) is 0 Å². The third-order valence-electron chi connectivity index (χ3n) is 2.08. The SMILES string of the molecule is Cc1cscc1C(=O)N[C@@H](CC(=O)O)C(=O)O. The molecule has 0 radical (unpaired) electrons. The molecule has 0 aliphatic carbocycles. The second-order valence-corrected chi connectivity index (χ2v) is 4.17. The van der Waals surface area contributed by atoms with Gasteiger partial charge in [-0.2, -0.15) is 11.3 Å². The molecule has 1 aromatic rings. The summed E-state index contributed by atoms with van der Waals surface area (Å²) < 4.78 is 0. The highest BCUT2D eigenvalue weighted by atomic mass is 32.1. The van der Waals surface area contributed by atoms with Crippen molar-refractivity contribution in [2.45, 2.75) is 19.4 Å². The number of carbonyl (C=O) groups excluding carboxylic acids is 1. The quantitative estimate of drug-likeness (QED) is 0.720. The number of nitrogens with one attached hydrogen (secondary N) is 1. The molecule has 6 nitrogen and oxygen atoms in total. The molecule has 7 heteroatoms. The number of carboxylic acid groups (broad SMARTS) is 2. The summed E-state index contributed by atoms with van der Waals surface area (Å²) in [5, 5.41) is 22.8. The maximum atomic E-state index is 11.7. The highest BCUT2D eigenvalue weighted by Gasteiger charge is 2.24. The van der Waals surface area contributed by atoms with Crippen LogP contribution in [-0.2, 0) is 9.59 Å². The van der Waals surface area contributed by atoms with Crippen molar-refractivity contribution in [3.05, 3.63) is 21.9 Å². The van der Waals surface area contributed by atoms with Crippen LogP contribution >= 0.6 is 11.3 Å². The fraction of sp³-hybridized carbons (Fsp3) is 0.300. The number of aryl methyl sites for hydroxylation is 1. The Morgan fingerprint density at radius 3 is 2.41 bits per heavy atom. The molecule has 3 N–H and O–H groups in total. The van der Waals surface area contributed by atoms with E-state index in [2.05, 4.69) is 5.32 Å². The summed E-state index contributed by atoms with van der Waals surface area (Å²) in [4.78, 5) is 32.8. The van der Waals surface area contributed by atoms with Crippen molar-refractivity contribution < 1.29 is 24.6 Å². The molecular weight excluding hydrogens is 246 g/mol. The molecule has 0 bridgehead atoms. The van der Waals surface area contributed by atoms with Gasteiger partial charge < -0.3 is 15.5 Å². The lowest BCUT2D eigenvalue weighted by molar-refractivity contribution is -0.145. The van der Waals surface area contributed by atoms with Gasteiger partial charge in [0, 0.05) is 5.38 Å². The lowest BCUT2D eigenvalue weighted by Gasteiger charge is -2.11. The molecule has 0 saturated heterocycles. The van der Waals surface area contributed by atoms with Gasteiger partial charge in [0.25, 0.3) is 5.91 Å². The van der Waals surface area contributed by atoms with Crippen molar-refractivity contribution >= 4 is 29.2 Å². The van der Waals surface area contributed by atoms with Crippen LogP contribution < -0.4 is 5.32 Å². The molecular formula is C10H11NO5S. The zero-order chi connectivity index (χ0) is 13.0. The van der Waals surface area contributed by atoms with Crippen molar-refractivity contribution in [2.24, 2.45) is 0 Å². The van der Waals surface area contributed by atoms with Gasteiger partial charge in [0.15, 0.2) is 0 Å². The maximum Gasteiger partial charge on any atom is 0.326 e. The van der Waals surface area contributed by atoms with E-state index < -0.39 is 30.3 Å². The molecule has 1 atom stereocenters. The largest absolute Gasteiger partial charge is 0.481 e. The Kier molecular flexibility index (Phi) is 4.22. The number of thiophene rings is 1. The number of amides is 1. The third kappa shape index (κ3) is 3.56. The van der Waals surface area contributed by atoms with Crippen LogP contribution in [0.25, 0.3) is 0 Å². The van der Waals surface area contributed by atoms with Crippen LogP contribution in [0.2, 0.25) is 0 Å². The van der Waals surface area contributed by atoms with Crippen LogP contribution in [0.3, 0.4) is 0 Å². The number of rotatable bonds is 5. The number of carbonyl (C=O) groups is 3. The van der Waals surface area contributed by atoms with Gasteiger partial charge in [-0.25, -0.2) is 4.79 Å². The van der Waals surface area contributed by atoms with Crippen LogP contribution in [0, 0.1) is 6.92 Å². The Balaban J connectivity index is 2.74. The van der Waals surface area contributed by atoms with Gasteiger partial charge >= 0.3 is 11.9 Å². The zero-order valence-electron chi connectivity index (χ0n) is 8.97. The summed E-state index contributed by atoms with van der Waals surface area (Å²) in [7, 11) is 0. The number of hydrogen-bond acceptors (Lipinski definition) is 4.